The Bertz CT molecular complexity index is 475. The van der Waals surface area contributed by atoms with Crippen molar-refractivity contribution in [1.29, 1.82) is 0 Å². The molecule has 0 bridgehead atoms. The van der Waals surface area contributed by atoms with Gasteiger partial charge in [0.05, 0.1) is 17.9 Å². The van der Waals surface area contributed by atoms with E-state index in [1.165, 1.54) is 0 Å². The van der Waals surface area contributed by atoms with Crippen LogP contribution in [0.1, 0.15) is 6.92 Å². The molecule has 0 aromatic heterocycles. The summed E-state index contributed by atoms with van der Waals surface area (Å²) in [6.07, 6.45) is 0. The number of fused-ring (bicyclic) bond motifs is 1. The molecule has 0 atom stereocenters. The number of hydrogen-bond donors (Lipinski definition) is 3. The van der Waals surface area contributed by atoms with E-state index in [-0.39, 0.29) is 12.5 Å². The lowest BCUT2D eigenvalue weighted by atomic mass is 10.2. The van der Waals surface area contributed by atoms with Gasteiger partial charge in [-0.05, 0) is 19.1 Å². The second kappa shape index (κ2) is 6.08. The molecule has 0 saturated carbocycles. The molecule has 6 nitrogen and oxygen atoms in total. The molecule has 1 aliphatic rings. The van der Waals surface area contributed by atoms with E-state index in [2.05, 4.69) is 16.0 Å². The van der Waals surface area contributed by atoms with Crippen molar-refractivity contribution in [2.24, 2.45) is 0 Å². The van der Waals surface area contributed by atoms with E-state index < -0.39 is 6.03 Å². The number of nitrogens with zero attached hydrogens (tertiary/aromatic N) is 1. The van der Waals surface area contributed by atoms with Gasteiger partial charge in [-0.2, -0.15) is 0 Å². The molecule has 1 heterocycles. The molecule has 0 spiro atoms. The minimum absolute atomic E-state index is 0.176. The first-order valence-electron chi connectivity index (χ1n) is 6.36. The van der Waals surface area contributed by atoms with Gasteiger partial charge in [-0.3, -0.25) is 10.1 Å². The van der Waals surface area contributed by atoms with Gasteiger partial charge in [-0.1, -0.05) is 12.1 Å². The number of hydrogen-bond acceptors (Lipinski definition) is 4. The predicted octanol–water partition coefficient (Wildman–Crippen LogP) is 0.764. The fraction of sp³-hybridized carbons (Fsp3) is 0.385. The highest BCUT2D eigenvalue weighted by molar-refractivity contribution is 5.96. The van der Waals surface area contributed by atoms with Crippen molar-refractivity contribution in [3.8, 4) is 0 Å². The predicted molar refractivity (Wildman–Crippen MR) is 74.4 cm³/mol. The molecule has 1 aromatic carbocycles. The molecule has 0 fully saturated rings. The summed E-state index contributed by atoms with van der Waals surface area (Å²) in [5, 5.41) is 8.11. The van der Waals surface area contributed by atoms with Crippen molar-refractivity contribution >= 4 is 23.3 Å². The average Bonchev–Trinajstić information content (AvgIpc) is 2.39. The van der Waals surface area contributed by atoms with E-state index in [0.29, 0.717) is 6.54 Å². The summed E-state index contributed by atoms with van der Waals surface area (Å²) in [5.74, 6) is -0.303. The maximum Gasteiger partial charge on any atom is 0.321 e. The van der Waals surface area contributed by atoms with Crippen molar-refractivity contribution in [3.63, 3.8) is 0 Å². The Kier molecular flexibility index (Phi) is 4.22. The Balaban J connectivity index is 1.97. The van der Waals surface area contributed by atoms with Crippen molar-refractivity contribution < 1.29 is 9.59 Å². The number of carbonyl (C=O) groups excluding carboxylic acids is 2. The minimum atomic E-state index is -0.448. The van der Waals surface area contributed by atoms with E-state index in [0.717, 1.165) is 24.5 Å². The molecular formula is C13H18N4O2. The number of carbonyl (C=O) groups is 2. The Morgan fingerprint density at radius 3 is 2.95 bits per heavy atom. The third-order valence-electron chi connectivity index (χ3n) is 2.87. The molecule has 3 N–H and O–H groups in total. The second-order valence-electron chi connectivity index (χ2n) is 4.27. The van der Waals surface area contributed by atoms with Crippen LogP contribution in [0.15, 0.2) is 24.3 Å². The van der Waals surface area contributed by atoms with Crippen LogP contribution in [0.3, 0.4) is 0 Å². The van der Waals surface area contributed by atoms with Gasteiger partial charge in [0.1, 0.15) is 0 Å². The fourth-order valence-electron chi connectivity index (χ4n) is 2.05. The molecule has 1 aliphatic heterocycles. The van der Waals surface area contributed by atoms with Crippen molar-refractivity contribution in [2.45, 2.75) is 6.92 Å². The molecule has 102 valence electrons. The highest BCUT2D eigenvalue weighted by Gasteiger charge is 2.18. The Morgan fingerprint density at radius 1 is 1.37 bits per heavy atom. The largest absolute Gasteiger partial charge is 0.382 e. The van der Waals surface area contributed by atoms with Gasteiger partial charge in [0.2, 0.25) is 5.91 Å². The van der Waals surface area contributed by atoms with Crippen LogP contribution in [-0.2, 0) is 4.79 Å². The molecule has 0 aliphatic carbocycles. The van der Waals surface area contributed by atoms with Crippen LogP contribution < -0.4 is 20.9 Å². The van der Waals surface area contributed by atoms with E-state index in [1.807, 2.05) is 29.2 Å². The average molecular weight is 262 g/mol. The van der Waals surface area contributed by atoms with Crippen LogP contribution in [-0.4, -0.2) is 38.1 Å². The zero-order chi connectivity index (χ0) is 13.7. The number of benzene rings is 1. The summed E-state index contributed by atoms with van der Waals surface area (Å²) in [6.45, 7) is 3.99. The number of para-hydroxylation sites is 2. The molecule has 19 heavy (non-hydrogen) atoms. The first-order valence-corrected chi connectivity index (χ1v) is 6.36. The van der Waals surface area contributed by atoms with Crippen molar-refractivity contribution in [2.75, 3.05) is 36.4 Å². The minimum Gasteiger partial charge on any atom is -0.382 e. The summed E-state index contributed by atoms with van der Waals surface area (Å²) in [6, 6.07) is 7.37. The number of nitrogens with one attached hydrogen (secondary N) is 3. The van der Waals surface area contributed by atoms with Crippen LogP contribution in [0.25, 0.3) is 0 Å². The van der Waals surface area contributed by atoms with Crippen molar-refractivity contribution in [1.82, 2.24) is 10.6 Å². The molecule has 0 saturated heterocycles. The van der Waals surface area contributed by atoms with Crippen LogP contribution >= 0.6 is 0 Å². The van der Waals surface area contributed by atoms with Crippen LogP contribution in [0.2, 0.25) is 0 Å². The smallest absolute Gasteiger partial charge is 0.321 e. The van der Waals surface area contributed by atoms with Gasteiger partial charge >= 0.3 is 6.03 Å². The zero-order valence-corrected chi connectivity index (χ0v) is 10.9. The molecule has 1 aromatic rings. The maximum atomic E-state index is 11.8. The van der Waals surface area contributed by atoms with Crippen LogP contribution in [0, 0.1) is 0 Å². The summed E-state index contributed by atoms with van der Waals surface area (Å²) in [5.41, 5.74) is 2.00. The molecule has 6 heteroatoms. The topological polar surface area (TPSA) is 73.5 Å². The number of rotatable bonds is 3. The van der Waals surface area contributed by atoms with E-state index in [1.54, 1.807) is 6.92 Å². The summed E-state index contributed by atoms with van der Waals surface area (Å²) in [4.78, 5) is 25.0. The van der Waals surface area contributed by atoms with Gasteiger partial charge in [0.25, 0.3) is 0 Å². The molecule has 0 unspecified atom stereocenters. The summed E-state index contributed by atoms with van der Waals surface area (Å²) in [7, 11) is 0. The number of urea groups is 1. The number of imide groups is 1. The molecule has 2 rings (SSSR count). The second-order valence-corrected chi connectivity index (χ2v) is 4.27. The highest BCUT2D eigenvalue weighted by Crippen LogP contribution is 2.27. The van der Waals surface area contributed by atoms with Crippen LogP contribution in [0.5, 0.6) is 0 Å². The van der Waals surface area contributed by atoms with Gasteiger partial charge in [0, 0.05) is 19.6 Å². The SMILES string of the molecule is CCNC(=O)NC(=O)CN1CCNc2ccccc21. The number of amides is 3. The first-order chi connectivity index (χ1) is 9.20. The zero-order valence-electron chi connectivity index (χ0n) is 10.9. The monoisotopic (exact) mass is 262 g/mol. The summed E-state index contributed by atoms with van der Waals surface area (Å²) < 4.78 is 0. The van der Waals surface area contributed by atoms with E-state index in [4.69, 9.17) is 0 Å². The fourth-order valence-corrected chi connectivity index (χ4v) is 2.05. The lowest BCUT2D eigenvalue weighted by Crippen LogP contribution is -2.46. The Hall–Kier alpha value is -2.24. The van der Waals surface area contributed by atoms with Gasteiger partial charge in [0.15, 0.2) is 0 Å². The molecular weight excluding hydrogens is 244 g/mol. The standard InChI is InChI=1S/C13H18N4O2/c1-2-14-13(19)16-12(18)9-17-8-7-15-10-5-3-4-6-11(10)17/h3-6,15H,2,7-9H2,1H3,(H2,14,16,18,19). The summed E-state index contributed by atoms with van der Waals surface area (Å²) >= 11 is 0. The van der Waals surface area contributed by atoms with Gasteiger partial charge in [-0.15, -0.1) is 0 Å². The van der Waals surface area contributed by atoms with Gasteiger partial charge in [-0.25, -0.2) is 4.79 Å². The third kappa shape index (κ3) is 3.37. The highest BCUT2D eigenvalue weighted by atomic mass is 16.2. The number of anilines is 2. The normalized spacial score (nSPS) is 13.2. The lowest BCUT2D eigenvalue weighted by molar-refractivity contribution is -0.118. The Morgan fingerprint density at radius 2 is 2.16 bits per heavy atom. The third-order valence-corrected chi connectivity index (χ3v) is 2.87. The van der Waals surface area contributed by atoms with E-state index in [9.17, 15) is 9.59 Å². The first kappa shape index (κ1) is 13.2. The maximum absolute atomic E-state index is 11.8. The van der Waals surface area contributed by atoms with Crippen molar-refractivity contribution in [3.05, 3.63) is 24.3 Å². The molecule has 3 amide bonds. The van der Waals surface area contributed by atoms with E-state index >= 15 is 0 Å². The Labute approximate surface area is 112 Å². The quantitative estimate of drug-likeness (QED) is 0.752. The van der Waals surface area contributed by atoms with Crippen LogP contribution in [0.4, 0.5) is 16.2 Å². The van der Waals surface area contributed by atoms with Gasteiger partial charge < -0.3 is 15.5 Å². The molecule has 0 radical (unpaired) electrons. The lowest BCUT2D eigenvalue weighted by Gasteiger charge is -2.31.